The molecule has 1 aromatic heterocycles. The lowest BCUT2D eigenvalue weighted by Crippen LogP contribution is -2.19. The Morgan fingerprint density at radius 3 is 2.94 bits per heavy atom. The van der Waals surface area contributed by atoms with E-state index in [1.165, 1.54) is 7.05 Å². The first-order chi connectivity index (χ1) is 8.70. The van der Waals surface area contributed by atoms with Gasteiger partial charge in [0.15, 0.2) is 0 Å². The molecule has 0 N–H and O–H groups in total. The number of hydrogen-bond donors (Lipinski definition) is 0. The zero-order valence-corrected chi connectivity index (χ0v) is 10.4. The van der Waals surface area contributed by atoms with Crippen molar-refractivity contribution in [1.29, 1.82) is 0 Å². The van der Waals surface area contributed by atoms with Crippen LogP contribution in [0.2, 0.25) is 0 Å². The molecule has 94 valence electrons. The van der Waals surface area contributed by atoms with Gasteiger partial charge in [0.25, 0.3) is 0 Å². The monoisotopic (exact) mass is 245 g/mol. The Labute approximate surface area is 106 Å². The quantitative estimate of drug-likeness (QED) is 0.355. The van der Waals surface area contributed by atoms with E-state index >= 15 is 0 Å². The van der Waals surface area contributed by atoms with Crippen molar-refractivity contribution in [2.75, 3.05) is 14.2 Å². The molecule has 5 heteroatoms. The Hall–Kier alpha value is -2.30. The molecule has 0 aliphatic rings. The molecule has 0 fully saturated rings. The smallest absolute Gasteiger partial charge is 0.214 e. The molecular formula is C13H15N3O2. The number of imidazole rings is 1. The third-order valence-corrected chi connectivity index (χ3v) is 2.67. The van der Waals surface area contributed by atoms with Crippen LogP contribution >= 0.6 is 0 Å². The minimum atomic E-state index is 0.479. The normalized spacial score (nSPS) is 12.1. The van der Waals surface area contributed by atoms with Gasteiger partial charge in [-0.3, -0.25) is 0 Å². The first-order valence-corrected chi connectivity index (χ1v) is 5.57. The lowest BCUT2D eigenvalue weighted by molar-refractivity contribution is -0.423. The lowest BCUT2D eigenvalue weighted by atomic mass is 10.1. The van der Waals surface area contributed by atoms with E-state index < -0.39 is 0 Å². The summed E-state index contributed by atoms with van der Waals surface area (Å²) in [5.74, 6) is 0.734. The first kappa shape index (κ1) is 12.2. The summed E-state index contributed by atoms with van der Waals surface area (Å²) in [4.78, 5) is 3.97. The molecule has 0 aliphatic heterocycles. The Kier molecular flexibility index (Phi) is 3.62. The van der Waals surface area contributed by atoms with Crippen LogP contribution in [0.25, 0.3) is 0 Å². The van der Waals surface area contributed by atoms with Gasteiger partial charge in [-0.2, -0.15) is 0 Å². The van der Waals surface area contributed by atoms with Gasteiger partial charge in [0, 0.05) is 18.0 Å². The summed E-state index contributed by atoms with van der Waals surface area (Å²) in [5, 5.41) is 11.7. The van der Waals surface area contributed by atoms with Gasteiger partial charge in [-0.15, -0.1) is 0 Å². The second-order valence-corrected chi connectivity index (χ2v) is 3.91. The predicted octanol–water partition coefficient (Wildman–Crippen LogP) is 1.52. The van der Waals surface area contributed by atoms with Gasteiger partial charge in [-0.25, -0.2) is 9.72 Å². The van der Waals surface area contributed by atoms with Crippen molar-refractivity contribution < 1.29 is 9.48 Å². The average Bonchev–Trinajstić information content (AvgIpc) is 2.88. The van der Waals surface area contributed by atoms with Crippen molar-refractivity contribution in [2.45, 2.75) is 6.54 Å². The van der Waals surface area contributed by atoms with Gasteiger partial charge in [0.05, 0.1) is 13.4 Å². The van der Waals surface area contributed by atoms with Crippen LogP contribution in [0.5, 0.6) is 5.75 Å². The Morgan fingerprint density at radius 2 is 2.33 bits per heavy atom. The van der Waals surface area contributed by atoms with Crippen LogP contribution in [0.4, 0.5) is 0 Å². The number of nitrogens with zero attached hydrogens (tertiary/aromatic N) is 3. The van der Waals surface area contributed by atoms with Gasteiger partial charge in [0.2, 0.25) is 5.71 Å². The Morgan fingerprint density at radius 1 is 1.50 bits per heavy atom. The molecular weight excluding hydrogens is 230 g/mol. The van der Waals surface area contributed by atoms with E-state index in [0.717, 1.165) is 16.1 Å². The zero-order chi connectivity index (χ0) is 13.0. The van der Waals surface area contributed by atoms with Gasteiger partial charge >= 0.3 is 0 Å². The highest BCUT2D eigenvalue weighted by molar-refractivity contribution is 5.97. The lowest BCUT2D eigenvalue weighted by Gasteiger charge is -2.09. The summed E-state index contributed by atoms with van der Waals surface area (Å²) in [6.45, 7) is 0.479. The van der Waals surface area contributed by atoms with Crippen molar-refractivity contribution in [2.24, 2.45) is 0 Å². The molecule has 1 heterocycles. The fraction of sp³-hybridized carbons (Fsp3) is 0.231. The second kappa shape index (κ2) is 5.35. The van der Waals surface area contributed by atoms with Gasteiger partial charge < -0.3 is 14.5 Å². The van der Waals surface area contributed by atoms with Crippen molar-refractivity contribution in [3.05, 3.63) is 53.8 Å². The topological polar surface area (TPSA) is 53.1 Å². The molecule has 5 nitrogen and oxygen atoms in total. The van der Waals surface area contributed by atoms with Crippen molar-refractivity contribution in [3.63, 3.8) is 0 Å². The molecule has 0 radical (unpaired) electrons. The number of aromatic nitrogens is 2. The Bertz CT molecular complexity index is 543. The highest BCUT2D eigenvalue weighted by atomic mass is 16.5. The molecule has 18 heavy (non-hydrogen) atoms. The zero-order valence-electron chi connectivity index (χ0n) is 10.4. The third kappa shape index (κ3) is 2.68. The van der Waals surface area contributed by atoms with E-state index in [1.807, 2.05) is 35.0 Å². The summed E-state index contributed by atoms with van der Waals surface area (Å²) in [5.41, 5.74) is 1.51. The molecule has 0 saturated heterocycles. The molecule has 1 aromatic carbocycles. The first-order valence-electron chi connectivity index (χ1n) is 5.57. The number of benzene rings is 1. The minimum Gasteiger partial charge on any atom is -0.624 e. The molecule has 0 aliphatic carbocycles. The molecule has 0 bridgehead atoms. The average molecular weight is 245 g/mol. The molecule has 0 spiro atoms. The van der Waals surface area contributed by atoms with Crippen LogP contribution < -0.4 is 4.74 Å². The van der Waals surface area contributed by atoms with Crippen LogP contribution in [0.15, 0.2) is 43.0 Å². The highest BCUT2D eigenvalue weighted by Gasteiger charge is 2.12. The van der Waals surface area contributed by atoms with E-state index in [0.29, 0.717) is 12.3 Å². The molecule has 2 rings (SSSR count). The van der Waals surface area contributed by atoms with E-state index in [1.54, 1.807) is 19.6 Å². The molecule has 0 atom stereocenters. The number of methoxy groups -OCH3 is 1. The number of ether oxygens (including phenoxy) is 1. The highest BCUT2D eigenvalue weighted by Crippen LogP contribution is 2.14. The van der Waals surface area contributed by atoms with Gasteiger partial charge in [-0.1, -0.05) is 6.07 Å². The maximum Gasteiger partial charge on any atom is 0.214 e. The van der Waals surface area contributed by atoms with Crippen LogP contribution in [-0.2, 0) is 6.54 Å². The fourth-order valence-corrected chi connectivity index (χ4v) is 1.73. The Balaban J connectivity index is 2.33. The molecule has 2 aromatic rings. The minimum absolute atomic E-state index is 0.479. The summed E-state index contributed by atoms with van der Waals surface area (Å²) in [6, 6.07) is 7.46. The molecule has 0 saturated carbocycles. The number of hydrogen-bond acceptors (Lipinski definition) is 3. The van der Waals surface area contributed by atoms with Crippen molar-refractivity contribution in [1.82, 2.24) is 9.55 Å². The third-order valence-electron chi connectivity index (χ3n) is 2.67. The molecule has 0 unspecified atom stereocenters. The summed E-state index contributed by atoms with van der Waals surface area (Å²) < 4.78 is 7.89. The van der Waals surface area contributed by atoms with Crippen molar-refractivity contribution >= 4 is 5.71 Å². The van der Waals surface area contributed by atoms with Crippen molar-refractivity contribution in [3.8, 4) is 5.75 Å². The standard InChI is InChI=1S/C13H15N3O2/c1-15(17)13(9-16-7-6-14-10-16)11-4-3-5-12(8-11)18-2/h3-8,10H,9H2,1-2H3/b15-13+. The van der Waals surface area contributed by atoms with E-state index in [4.69, 9.17) is 4.74 Å². The van der Waals surface area contributed by atoms with Gasteiger partial charge in [0.1, 0.15) is 19.3 Å². The largest absolute Gasteiger partial charge is 0.624 e. The maximum atomic E-state index is 11.7. The van der Waals surface area contributed by atoms with Gasteiger partial charge in [-0.05, 0) is 18.2 Å². The van der Waals surface area contributed by atoms with Crippen LogP contribution in [-0.4, -0.2) is 34.2 Å². The number of hydroxylamine groups is 1. The molecule has 0 amide bonds. The van der Waals surface area contributed by atoms with E-state index in [9.17, 15) is 5.21 Å². The summed E-state index contributed by atoms with van der Waals surface area (Å²) >= 11 is 0. The second-order valence-electron chi connectivity index (χ2n) is 3.91. The van der Waals surface area contributed by atoms with Crippen LogP contribution in [0, 0.1) is 5.21 Å². The summed E-state index contributed by atoms with van der Waals surface area (Å²) in [7, 11) is 3.10. The van der Waals surface area contributed by atoms with E-state index in [-0.39, 0.29) is 0 Å². The SMILES string of the molecule is COc1cccc(/C(Cn2ccnc2)=[N+](\C)[O-])c1. The van der Waals surface area contributed by atoms with E-state index in [2.05, 4.69) is 4.98 Å². The maximum absolute atomic E-state index is 11.7. The van der Waals surface area contributed by atoms with Crippen LogP contribution in [0.1, 0.15) is 5.56 Å². The predicted molar refractivity (Wildman–Crippen MR) is 68.9 cm³/mol. The number of rotatable bonds is 4. The fourth-order valence-electron chi connectivity index (χ4n) is 1.73. The van der Waals surface area contributed by atoms with Crippen LogP contribution in [0.3, 0.4) is 0 Å². The summed E-state index contributed by atoms with van der Waals surface area (Å²) in [6.07, 6.45) is 5.20.